The average molecular weight is 208 g/mol. The summed E-state index contributed by atoms with van der Waals surface area (Å²) in [4.78, 5) is 3.84. The monoisotopic (exact) mass is 207 g/mol. The zero-order chi connectivity index (χ0) is 5.11. The van der Waals surface area contributed by atoms with Crippen LogP contribution < -0.4 is 0 Å². The van der Waals surface area contributed by atoms with Crippen molar-refractivity contribution < 1.29 is 18.6 Å². The molecular formula is C5H3BrNV-. The molecule has 0 atom stereocenters. The van der Waals surface area contributed by atoms with Crippen molar-refractivity contribution in [2.24, 2.45) is 0 Å². The van der Waals surface area contributed by atoms with Gasteiger partial charge in [-0.15, -0.1) is 0 Å². The molecule has 1 rings (SSSR count). The summed E-state index contributed by atoms with van der Waals surface area (Å²) in [6.07, 6.45) is 1.71. The van der Waals surface area contributed by atoms with E-state index < -0.39 is 0 Å². The molecule has 1 radical (unpaired) electrons. The van der Waals surface area contributed by atoms with Crippen LogP contribution in [0.3, 0.4) is 0 Å². The third kappa shape index (κ3) is 2.50. The first-order valence-corrected chi connectivity index (χ1v) is 2.67. The molecule has 0 saturated carbocycles. The van der Waals surface area contributed by atoms with Crippen molar-refractivity contribution in [3.05, 3.63) is 29.0 Å². The number of nitrogens with zero attached hydrogens (tertiary/aromatic N) is 1. The summed E-state index contributed by atoms with van der Waals surface area (Å²) in [5.41, 5.74) is 0. The standard InChI is InChI=1S/C5H3BrN.V/c6-5-3-1-2-4-7-5;/h1-2,4H;/q-1;. The molecule has 0 bridgehead atoms. The van der Waals surface area contributed by atoms with E-state index in [0.29, 0.717) is 0 Å². The number of rotatable bonds is 0. The number of pyridine rings is 1. The number of hydrogen-bond acceptors (Lipinski definition) is 1. The number of hydrogen-bond donors (Lipinski definition) is 0. The molecule has 1 aromatic rings. The third-order valence-corrected chi connectivity index (χ3v) is 1.01. The van der Waals surface area contributed by atoms with E-state index in [0.717, 1.165) is 4.60 Å². The summed E-state index contributed by atoms with van der Waals surface area (Å²) in [6.45, 7) is 0. The van der Waals surface area contributed by atoms with E-state index in [-0.39, 0.29) is 18.6 Å². The van der Waals surface area contributed by atoms with Crippen molar-refractivity contribution >= 4 is 15.9 Å². The van der Waals surface area contributed by atoms with Gasteiger partial charge in [0.15, 0.2) is 0 Å². The Labute approximate surface area is 68.5 Å². The summed E-state index contributed by atoms with van der Waals surface area (Å²) in [5.74, 6) is 0. The Morgan fingerprint density at radius 2 is 2.38 bits per heavy atom. The maximum Gasteiger partial charge on any atom is 0.0144 e. The fourth-order valence-electron chi connectivity index (χ4n) is 0.306. The van der Waals surface area contributed by atoms with Crippen LogP contribution in [0.4, 0.5) is 0 Å². The van der Waals surface area contributed by atoms with Crippen molar-refractivity contribution in [1.29, 1.82) is 0 Å². The van der Waals surface area contributed by atoms with E-state index in [2.05, 4.69) is 27.0 Å². The molecule has 0 unspecified atom stereocenters. The molecule has 3 heteroatoms. The predicted molar refractivity (Wildman–Crippen MR) is 30.8 cm³/mol. The minimum atomic E-state index is 0. The van der Waals surface area contributed by atoms with Crippen LogP contribution in [0.15, 0.2) is 22.9 Å². The fraction of sp³-hybridized carbons (Fsp3) is 0. The van der Waals surface area contributed by atoms with Crippen LogP contribution in [-0.4, -0.2) is 4.98 Å². The molecule has 0 aliphatic heterocycles. The van der Waals surface area contributed by atoms with Crippen LogP contribution in [0.5, 0.6) is 0 Å². The minimum Gasteiger partial charge on any atom is -0.289 e. The van der Waals surface area contributed by atoms with Gasteiger partial charge in [0.1, 0.15) is 0 Å². The molecule has 0 aliphatic carbocycles. The van der Waals surface area contributed by atoms with Crippen molar-refractivity contribution in [2.75, 3.05) is 0 Å². The Balaban J connectivity index is 0.000000490. The smallest absolute Gasteiger partial charge is 0.0144 e. The first-order valence-electron chi connectivity index (χ1n) is 1.88. The van der Waals surface area contributed by atoms with Crippen molar-refractivity contribution in [2.45, 2.75) is 0 Å². The maximum absolute atomic E-state index is 3.84. The average Bonchev–Trinajstić information content (AvgIpc) is 1.69. The summed E-state index contributed by atoms with van der Waals surface area (Å²) >= 11 is 3.14. The number of aromatic nitrogens is 1. The van der Waals surface area contributed by atoms with Gasteiger partial charge >= 0.3 is 0 Å². The summed E-state index contributed by atoms with van der Waals surface area (Å²) in [5, 5.41) is 0. The Bertz CT molecular complexity index is 142. The second kappa shape index (κ2) is 4.13. The summed E-state index contributed by atoms with van der Waals surface area (Å²) in [6, 6.07) is 6.46. The molecule has 0 N–H and O–H groups in total. The van der Waals surface area contributed by atoms with E-state index in [9.17, 15) is 0 Å². The SMILES string of the molecule is Brc1[c-]cccn1.[V]. The van der Waals surface area contributed by atoms with Crippen LogP contribution in [0.25, 0.3) is 0 Å². The van der Waals surface area contributed by atoms with E-state index in [1.54, 1.807) is 12.3 Å². The summed E-state index contributed by atoms with van der Waals surface area (Å²) in [7, 11) is 0. The number of halogens is 1. The van der Waals surface area contributed by atoms with Crippen molar-refractivity contribution in [3.63, 3.8) is 0 Å². The molecule has 0 aliphatic rings. The van der Waals surface area contributed by atoms with E-state index in [1.165, 1.54) is 0 Å². The molecule has 41 valence electrons. The molecule has 8 heavy (non-hydrogen) atoms. The molecule has 0 spiro atoms. The Morgan fingerprint density at radius 1 is 1.62 bits per heavy atom. The van der Waals surface area contributed by atoms with E-state index in [1.807, 2.05) is 6.07 Å². The van der Waals surface area contributed by atoms with Crippen molar-refractivity contribution in [1.82, 2.24) is 4.98 Å². The molecule has 0 fully saturated rings. The first-order chi connectivity index (χ1) is 3.39. The van der Waals surface area contributed by atoms with Gasteiger partial charge in [0.25, 0.3) is 0 Å². The van der Waals surface area contributed by atoms with Crippen LogP contribution in [0.1, 0.15) is 0 Å². The van der Waals surface area contributed by atoms with Crippen LogP contribution in [0.2, 0.25) is 0 Å². The molecule has 0 aromatic carbocycles. The fourth-order valence-corrected chi connectivity index (χ4v) is 0.556. The Hall–Kier alpha value is 0.214. The van der Waals surface area contributed by atoms with Crippen molar-refractivity contribution in [3.8, 4) is 0 Å². The zero-order valence-electron chi connectivity index (χ0n) is 4.00. The third-order valence-electron chi connectivity index (χ3n) is 0.573. The van der Waals surface area contributed by atoms with Gasteiger partial charge in [-0.3, -0.25) is 4.98 Å². The van der Waals surface area contributed by atoms with Crippen LogP contribution >= 0.6 is 15.9 Å². The van der Waals surface area contributed by atoms with Gasteiger partial charge in [0.05, 0.1) is 0 Å². The van der Waals surface area contributed by atoms with Gasteiger partial charge in [-0.1, -0.05) is 22.1 Å². The second-order valence-electron chi connectivity index (χ2n) is 1.07. The molecule has 1 aromatic heterocycles. The molecule has 1 heterocycles. The normalized spacial score (nSPS) is 7.62. The van der Waals surface area contributed by atoms with Gasteiger partial charge < -0.3 is 0 Å². The molecule has 0 saturated heterocycles. The maximum atomic E-state index is 3.84. The van der Waals surface area contributed by atoms with Gasteiger partial charge in [0, 0.05) is 23.2 Å². The minimum absolute atomic E-state index is 0. The molecule has 0 amide bonds. The van der Waals surface area contributed by atoms with Gasteiger partial charge in [-0.05, 0) is 0 Å². The first kappa shape index (κ1) is 8.21. The zero-order valence-corrected chi connectivity index (χ0v) is 6.99. The van der Waals surface area contributed by atoms with Crippen LogP contribution in [-0.2, 0) is 18.6 Å². The largest absolute Gasteiger partial charge is 0.289 e. The Kier molecular flexibility index (Phi) is 4.24. The molecular weight excluding hydrogens is 205 g/mol. The second-order valence-corrected chi connectivity index (χ2v) is 1.82. The summed E-state index contributed by atoms with van der Waals surface area (Å²) < 4.78 is 0.759. The Morgan fingerprint density at radius 3 is 2.62 bits per heavy atom. The van der Waals surface area contributed by atoms with Crippen LogP contribution in [0, 0.1) is 6.07 Å². The van der Waals surface area contributed by atoms with Gasteiger partial charge in [-0.25, -0.2) is 12.1 Å². The topological polar surface area (TPSA) is 12.9 Å². The van der Waals surface area contributed by atoms with Gasteiger partial charge in [-0.2, -0.15) is 6.07 Å². The predicted octanol–water partition coefficient (Wildman–Crippen LogP) is 1.64. The molecule has 1 nitrogen and oxygen atoms in total. The quantitative estimate of drug-likeness (QED) is 0.466. The van der Waals surface area contributed by atoms with E-state index >= 15 is 0 Å². The van der Waals surface area contributed by atoms with E-state index in [4.69, 9.17) is 0 Å². The van der Waals surface area contributed by atoms with Gasteiger partial charge in [0.2, 0.25) is 0 Å².